The van der Waals surface area contributed by atoms with Gasteiger partial charge in [0.05, 0.1) is 17.1 Å². The number of pyridine rings is 1. The molecule has 0 saturated heterocycles. The van der Waals surface area contributed by atoms with Crippen LogP contribution in [0.15, 0.2) is 71.8 Å². The number of hydrazone groups is 1. The first-order valence-corrected chi connectivity index (χ1v) is 8.80. The minimum absolute atomic E-state index is 0.109. The van der Waals surface area contributed by atoms with Crippen molar-refractivity contribution in [3.05, 3.63) is 78.0 Å². The fraction of sp³-hybridized carbons (Fsp3) is 0.0909. The number of rotatable bonds is 3. The van der Waals surface area contributed by atoms with E-state index in [1.54, 1.807) is 13.0 Å². The smallest absolute Gasteiger partial charge is 0.262 e. The van der Waals surface area contributed by atoms with E-state index < -0.39 is 5.92 Å². The van der Waals surface area contributed by atoms with E-state index in [1.807, 2.05) is 60.7 Å². The van der Waals surface area contributed by atoms with Crippen LogP contribution in [0.3, 0.4) is 0 Å². The molecule has 4 rings (SSSR count). The molecule has 2 aromatic carbocycles. The highest BCUT2D eigenvalue weighted by Gasteiger charge is 2.37. The van der Waals surface area contributed by atoms with E-state index >= 15 is 0 Å². The predicted octanol–water partition coefficient (Wildman–Crippen LogP) is 3.71. The lowest BCUT2D eigenvalue weighted by atomic mass is 9.94. The molecule has 136 valence electrons. The number of anilines is 2. The summed E-state index contributed by atoms with van der Waals surface area (Å²) in [6.45, 7) is 1.80. The van der Waals surface area contributed by atoms with Gasteiger partial charge in [-0.25, -0.2) is 4.98 Å². The van der Waals surface area contributed by atoms with Gasteiger partial charge in [-0.2, -0.15) is 15.4 Å². The van der Waals surface area contributed by atoms with Crippen molar-refractivity contribution >= 4 is 23.1 Å². The monoisotopic (exact) mass is 367 g/mol. The third-order valence-corrected chi connectivity index (χ3v) is 4.69. The van der Waals surface area contributed by atoms with Crippen LogP contribution >= 0.6 is 0 Å². The summed E-state index contributed by atoms with van der Waals surface area (Å²) in [6, 6.07) is 22.6. The summed E-state index contributed by atoms with van der Waals surface area (Å²) < 4.78 is 0. The molecule has 0 aliphatic carbocycles. The molecule has 1 aromatic heterocycles. The average molecular weight is 367 g/mol. The van der Waals surface area contributed by atoms with Crippen LogP contribution in [0.5, 0.6) is 0 Å². The molecule has 1 aliphatic rings. The second kappa shape index (κ2) is 6.97. The van der Waals surface area contributed by atoms with Gasteiger partial charge < -0.3 is 5.73 Å². The Morgan fingerprint density at radius 2 is 1.71 bits per heavy atom. The first kappa shape index (κ1) is 17.4. The van der Waals surface area contributed by atoms with Crippen molar-refractivity contribution in [1.82, 2.24) is 4.98 Å². The Bertz CT molecular complexity index is 1120. The second-order valence-electron chi connectivity index (χ2n) is 6.49. The Hall–Kier alpha value is -3.98. The molecule has 0 bridgehead atoms. The molecular formula is C22H17N5O. The topological polar surface area (TPSA) is 95.4 Å². The highest BCUT2D eigenvalue weighted by atomic mass is 16.2. The van der Waals surface area contributed by atoms with Gasteiger partial charge in [0, 0.05) is 5.56 Å². The maximum absolute atomic E-state index is 13.1. The lowest BCUT2D eigenvalue weighted by molar-refractivity contribution is -0.118. The summed E-state index contributed by atoms with van der Waals surface area (Å²) in [5.74, 6) is -0.727. The Morgan fingerprint density at radius 1 is 1.07 bits per heavy atom. The summed E-state index contributed by atoms with van der Waals surface area (Å²) in [6.07, 6.45) is 0. The van der Waals surface area contributed by atoms with Crippen molar-refractivity contribution in [2.75, 3.05) is 10.7 Å². The molecule has 2 heterocycles. The van der Waals surface area contributed by atoms with Crippen molar-refractivity contribution in [1.29, 1.82) is 5.26 Å². The van der Waals surface area contributed by atoms with Crippen LogP contribution in [-0.4, -0.2) is 16.6 Å². The number of benzene rings is 2. The number of carbonyl (C=O) groups excluding carboxylic acids is 1. The van der Waals surface area contributed by atoms with Crippen LogP contribution in [0.25, 0.3) is 11.1 Å². The maximum atomic E-state index is 13.1. The van der Waals surface area contributed by atoms with Crippen molar-refractivity contribution in [3.8, 4) is 17.2 Å². The third-order valence-electron chi connectivity index (χ3n) is 4.69. The van der Waals surface area contributed by atoms with E-state index in [1.165, 1.54) is 5.01 Å². The molecule has 0 radical (unpaired) electrons. The van der Waals surface area contributed by atoms with Crippen molar-refractivity contribution in [2.24, 2.45) is 5.10 Å². The minimum Gasteiger partial charge on any atom is -0.383 e. The highest BCUT2D eigenvalue weighted by Crippen LogP contribution is 2.34. The van der Waals surface area contributed by atoms with E-state index in [-0.39, 0.29) is 11.7 Å². The molecule has 0 spiro atoms. The van der Waals surface area contributed by atoms with Gasteiger partial charge in [-0.3, -0.25) is 4.79 Å². The largest absolute Gasteiger partial charge is 0.383 e. The van der Waals surface area contributed by atoms with Gasteiger partial charge in [0.2, 0.25) is 0 Å². The van der Waals surface area contributed by atoms with E-state index in [0.29, 0.717) is 28.2 Å². The van der Waals surface area contributed by atoms with Gasteiger partial charge in [0.15, 0.2) is 0 Å². The zero-order valence-corrected chi connectivity index (χ0v) is 15.2. The van der Waals surface area contributed by atoms with Gasteiger partial charge in [-0.1, -0.05) is 48.5 Å². The van der Waals surface area contributed by atoms with Crippen LogP contribution in [0.4, 0.5) is 11.5 Å². The number of para-hydroxylation sites is 1. The zero-order valence-electron chi connectivity index (χ0n) is 15.2. The summed E-state index contributed by atoms with van der Waals surface area (Å²) in [5.41, 5.74) is 9.68. The van der Waals surface area contributed by atoms with Crippen LogP contribution in [0.2, 0.25) is 0 Å². The molecule has 0 fully saturated rings. The van der Waals surface area contributed by atoms with Crippen molar-refractivity contribution in [2.45, 2.75) is 12.8 Å². The normalized spacial score (nSPS) is 16.0. The van der Waals surface area contributed by atoms with Crippen molar-refractivity contribution in [3.63, 3.8) is 0 Å². The second-order valence-corrected chi connectivity index (χ2v) is 6.49. The number of nitrogens with zero attached hydrogens (tertiary/aromatic N) is 4. The number of hydrogen-bond donors (Lipinski definition) is 1. The third kappa shape index (κ3) is 2.89. The number of hydrogen-bond acceptors (Lipinski definition) is 5. The van der Waals surface area contributed by atoms with Crippen LogP contribution in [-0.2, 0) is 4.79 Å². The number of carbonyl (C=O) groups is 1. The molecule has 3 aromatic rings. The van der Waals surface area contributed by atoms with Gasteiger partial charge in [0.1, 0.15) is 23.4 Å². The molecule has 1 atom stereocenters. The number of nitrogens with two attached hydrogens (primary N) is 1. The first-order valence-electron chi connectivity index (χ1n) is 8.80. The van der Waals surface area contributed by atoms with Gasteiger partial charge in [0.25, 0.3) is 5.91 Å². The number of nitrogen functional groups attached to an aromatic ring is 1. The van der Waals surface area contributed by atoms with Crippen LogP contribution in [0, 0.1) is 11.3 Å². The van der Waals surface area contributed by atoms with E-state index in [0.717, 1.165) is 5.56 Å². The maximum Gasteiger partial charge on any atom is 0.262 e. The molecular weight excluding hydrogens is 350 g/mol. The van der Waals surface area contributed by atoms with Gasteiger partial charge in [-0.15, -0.1) is 0 Å². The molecule has 0 unspecified atom stereocenters. The number of amides is 1. The molecule has 1 amide bonds. The van der Waals surface area contributed by atoms with E-state index in [9.17, 15) is 10.1 Å². The van der Waals surface area contributed by atoms with Gasteiger partial charge in [-0.05, 0) is 30.7 Å². The van der Waals surface area contributed by atoms with Crippen LogP contribution in [0.1, 0.15) is 24.1 Å². The molecule has 0 saturated carbocycles. The summed E-state index contributed by atoms with van der Waals surface area (Å²) >= 11 is 0. The van der Waals surface area contributed by atoms with Crippen molar-refractivity contribution < 1.29 is 4.79 Å². The SMILES string of the molecule is CC1=NN(c2ccccc2)C(=O)[C@@H]1c1cc(-c2ccccc2)c(C#N)c(N)n1. The fourth-order valence-corrected chi connectivity index (χ4v) is 3.36. The Labute approximate surface area is 162 Å². The molecule has 6 nitrogen and oxygen atoms in total. The Balaban J connectivity index is 1.80. The summed E-state index contributed by atoms with van der Waals surface area (Å²) in [5, 5.41) is 15.4. The molecule has 28 heavy (non-hydrogen) atoms. The fourth-order valence-electron chi connectivity index (χ4n) is 3.36. The highest BCUT2D eigenvalue weighted by molar-refractivity contribution is 6.18. The molecule has 2 N–H and O–H groups in total. The first-order chi connectivity index (χ1) is 13.6. The van der Waals surface area contributed by atoms with Crippen LogP contribution < -0.4 is 10.7 Å². The lowest BCUT2D eigenvalue weighted by Crippen LogP contribution is -2.26. The predicted molar refractivity (Wildman–Crippen MR) is 109 cm³/mol. The van der Waals surface area contributed by atoms with E-state index in [4.69, 9.17) is 5.73 Å². The standard InChI is InChI=1S/C22H17N5O/c1-14-20(22(28)27(26-14)16-10-6-3-7-11-16)19-12-17(15-8-4-2-5-9-15)18(13-23)21(24)25-19/h2-12,20H,1H3,(H2,24,25)/t20-/m0/s1. The summed E-state index contributed by atoms with van der Waals surface area (Å²) in [7, 11) is 0. The number of aromatic nitrogens is 1. The van der Waals surface area contributed by atoms with E-state index in [2.05, 4.69) is 16.2 Å². The molecule has 1 aliphatic heterocycles. The Morgan fingerprint density at radius 3 is 2.36 bits per heavy atom. The zero-order chi connectivity index (χ0) is 19.7. The number of nitriles is 1. The lowest BCUT2D eigenvalue weighted by Gasteiger charge is -2.16. The minimum atomic E-state index is -0.641. The Kier molecular flexibility index (Phi) is 4.34. The quantitative estimate of drug-likeness (QED) is 0.763. The summed E-state index contributed by atoms with van der Waals surface area (Å²) in [4.78, 5) is 17.5. The van der Waals surface area contributed by atoms with Gasteiger partial charge >= 0.3 is 0 Å². The average Bonchev–Trinajstić information content (AvgIpc) is 3.02. The molecule has 6 heteroatoms.